The van der Waals surface area contributed by atoms with Gasteiger partial charge in [0.05, 0.1) is 10.8 Å². The number of amides is 3. The summed E-state index contributed by atoms with van der Waals surface area (Å²) in [7, 11) is 0. The van der Waals surface area contributed by atoms with Crippen molar-refractivity contribution in [2.75, 3.05) is 10.6 Å². The Morgan fingerprint density at radius 1 is 0.762 bits per heavy atom. The van der Waals surface area contributed by atoms with Crippen LogP contribution in [0, 0.1) is 0 Å². The Morgan fingerprint density at radius 2 is 1.38 bits per heavy atom. The number of anilines is 2. The fourth-order valence-electron chi connectivity index (χ4n) is 3.78. The zero-order valence-electron chi connectivity index (χ0n) is 22.3. The predicted octanol–water partition coefficient (Wildman–Crippen LogP) is 7.23. The first-order valence-corrected chi connectivity index (χ1v) is 13.7. The number of nitrogens with one attached hydrogen (secondary N) is 3. The number of carbonyl (C=O) groups is 3. The third kappa shape index (κ3) is 8.58. The number of alkyl halides is 3. The topological polar surface area (TPSA) is 87.3 Å². The van der Waals surface area contributed by atoms with Crippen molar-refractivity contribution in [3.8, 4) is 0 Å². The minimum atomic E-state index is -4.52. The molecule has 1 atom stereocenters. The second kappa shape index (κ2) is 13.7. The smallest absolute Gasteiger partial charge is 0.325 e. The largest absolute Gasteiger partial charge is 0.416 e. The Kier molecular flexibility index (Phi) is 9.82. The van der Waals surface area contributed by atoms with E-state index in [0.717, 1.165) is 12.1 Å². The molecule has 0 aliphatic heterocycles. The fourth-order valence-corrected chi connectivity index (χ4v) is 4.71. The van der Waals surface area contributed by atoms with Gasteiger partial charge in [-0.15, -0.1) is 11.8 Å². The predicted molar refractivity (Wildman–Crippen MR) is 159 cm³/mol. The molecule has 42 heavy (non-hydrogen) atoms. The van der Waals surface area contributed by atoms with E-state index in [-0.39, 0.29) is 11.4 Å². The normalized spacial score (nSPS) is 12.2. The van der Waals surface area contributed by atoms with Crippen molar-refractivity contribution in [1.29, 1.82) is 0 Å². The lowest BCUT2D eigenvalue weighted by molar-refractivity contribution is -0.137. The Labute approximate surface area is 245 Å². The molecule has 0 spiro atoms. The van der Waals surface area contributed by atoms with Crippen LogP contribution < -0.4 is 16.0 Å². The summed E-state index contributed by atoms with van der Waals surface area (Å²) >= 11 is 1.17. The minimum Gasteiger partial charge on any atom is -0.325 e. The molecule has 0 heterocycles. The van der Waals surface area contributed by atoms with Gasteiger partial charge in [0.15, 0.2) is 0 Å². The molecule has 0 saturated heterocycles. The van der Waals surface area contributed by atoms with Gasteiger partial charge in [-0.2, -0.15) is 13.2 Å². The molecule has 0 aliphatic carbocycles. The molecule has 6 nitrogen and oxygen atoms in total. The van der Waals surface area contributed by atoms with Gasteiger partial charge in [-0.1, -0.05) is 60.7 Å². The number of carbonyl (C=O) groups excluding carboxylic acids is 3. The molecular formula is C32H26F3N3O3S. The Morgan fingerprint density at radius 3 is 2.05 bits per heavy atom. The van der Waals surface area contributed by atoms with Crippen LogP contribution in [0.1, 0.15) is 28.4 Å². The summed E-state index contributed by atoms with van der Waals surface area (Å²) in [6.07, 6.45) is -2.96. The second-order valence-electron chi connectivity index (χ2n) is 9.10. The van der Waals surface area contributed by atoms with Crippen LogP contribution in [0.2, 0.25) is 0 Å². The summed E-state index contributed by atoms with van der Waals surface area (Å²) in [6.45, 7) is 1.62. The third-order valence-corrected chi connectivity index (χ3v) is 6.96. The average Bonchev–Trinajstić information content (AvgIpc) is 2.97. The summed E-state index contributed by atoms with van der Waals surface area (Å²) in [5.74, 6) is -1.48. The van der Waals surface area contributed by atoms with Crippen molar-refractivity contribution >= 4 is 46.9 Å². The molecule has 0 aliphatic rings. The Hall–Kier alpha value is -4.83. The summed E-state index contributed by atoms with van der Waals surface area (Å²) in [5, 5.41) is 7.31. The maximum atomic E-state index is 13.3. The lowest BCUT2D eigenvalue weighted by Gasteiger charge is -2.15. The Bertz CT molecular complexity index is 1590. The molecule has 0 radical (unpaired) electrons. The summed E-state index contributed by atoms with van der Waals surface area (Å²) < 4.78 is 39.0. The maximum Gasteiger partial charge on any atom is 0.416 e. The third-order valence-electron chi connectivity index (χ3n) is 5.87. The van der Waals surface area contributed by atoms with E-state index in [1.54, 1.807) is 79.7 Å². The molecule has 3 N–H and O–H groups in total. The van der Waals surface area contributed by atoms with Crippen molar-refractivity contribution in [3.63, 3.8) is 0 Å². The SMILES string of the molecule is CC(Sc1cccc(NC(=O)/C(=C/c2ccccc2)NC(=O)c2ccccc2)c1)C(=O)Nc1cccc(C(F)(F)F)c1. The van der Waals surface area contributed by atoms with Gasteiger partial charge in [-0.05, 0) is 67.1 Å². The summed E-state index contributed by atoms with van der Waals surface area (Å²) in [4.78, 5) is 39.4. The second-order valence-corrected chi connectivity index (χ2v) is 10.5. The van der Waals surface area contributed by atoms with Crippen molar-refractivity contribution in [1.82, 2.24) is 5.32 Å². The molecular weight excluding hydrogens is 563 g/mol. The van der Waals surface area contributed by atoms with Crippen LogP contribution in [-0.2, 0) is 15.8 Å². The van der Waals surface area contributed by atoms with Crippen molar-refractivity contribution in [2.24, 2.45) is 0 Å². The number of rotatable bonds is 9. The van der Waals surface area contributed by atoms with Crippen molar-refractivity contribution in [2.45, 2.75) is 23.2 Å². The van der Waals surface area contributed by atoms with E-state index in [4.69, 9.17) is 0 Å². The first-order valence-electron chi connectivity index (χ1n) is 12.8. The van der Waals surface area contributed by atoms with E-state index in [2.05, 4.69) is 16.0 Å². The average molecular weight is 590 g/mol. The molecule has 4 aromatic rings. The van der Waals surface area contributed by atoms with Crippen molar-refractivity contribution < 1.29 is 27.6 Å². The zero-order valence-corrected chi connectivity index (χ0v) is 23.1. The molecule has 3 amide bonds. The van der Waals surface area contributed by atoms with Gasteiger partial charge >= 0.3 is 6.18 Å². The van der Waals surface area contributed by atoms with Gasteiger partial charge in [0.1, 0.15) is 5.70 Å². The minimum absolute atomic E-state index is 0.0296. The molecule has 214 valence electrons. The van der Waals surface area contributed by atoms with Crippen LogP contribution in [0.3, 0.4) is 0 Å². The number of hydrogen-bond acceptors (Lipinski definition) is 4. The highest BCUT2D eigenvalue weighted by molar-refractivity contribution is 8.00. The standard InChI is InChI=1S/C32H26F3N3O3S/c1-21(29(39)36-25-15-8-14-24(19-25)32(33,34)35)42-27-17-9-16-26(20-27)37-31(41)28(18-22-10-4-2-5-11-22)38-30(40)23-12-6-3-7-13-23/h2-21H,1H3,(H,36,39)(H,37,41)(H,38,40)/b28-18-. The molecule has 4 aromatic carbocycles. The van der Waals surface area contributed by atoms with Gasteiger partial charge in [-0.25, -0.2) is 0 Å². The van der Waals surface area contributed by atoms with Gasteiger partial charge in [0.2, 0.25) is 5.91 Å². The van der Waals surface area contributed by atoms with Crippen LogP contribution in [0.5, 0.6) is 0 Å². The molecule has 1 unspecified atom stereocenters. The zero-order chi connectivity index (χ0) is 30.1. The van der Waals surface area contributed by atoms with Crippen LogP contribution in [0.25, 0.3) is 6.08 Å². The van der Waals surface area contributed by atoms with Crippen molar-refractivity contribution in [3.05, 3.63) is 132 Å². The van der Waals surface area contributed by atoms with Gasteiger partial charge in [0.25, 0.3) is 11.8 Å². The highest BCUT2D eigenvalue weighted by Gasteiger charge is 2.30. The van der Waals surface area contributed by atoms with Gasteiger partial charge in [-0.3, -0.25) is 14.4 Å². The van der Waals surface area contributed by atoms with E-state index in [1.807, 2.05) is 18.2 Å². The van der Waals surface area contributed by atoms with E-state index < -0.39 is 34.7 Å². The molecule has 4 rings (SSSR count). The quantitative estimate of drug-likeness (QED) is 0.142. The van der Waals surface area contributed by atoms with E-state index in [9.17, 15) is 27.6 Å². The fraction of sp³-hybridized carbons (Fsp3) is 0.0938. The summed E-state index contributed by atoms with van der Waals surface area (Å²) in [5.41, 5.74) is 0.731. The lowest BCUT2D eigenvalue weighted by Crippen LogP contribution is -2.30. The Balaban J connectivity index is 1.45. The van der Waals surface area contributed by atoms with Gasteiger partial charge in [0, 0.05) is 21.8 Å². The van der Waals surface area contributed by atoms with Crippen LogP contribution in [0.15, 0.2) is 120 Å². The first kappa shape index (κ1) is 30.1. The van der Waals surface area contributed by atoms with E-state index in [0.29, 0.717) is 21.7 Å². The summed E-state index contributed by atoms with van der Waals surface area (Å²) in [6, 6.07) is 28.7. The lowest BCUT2D eigenvalue weighted by atomic mass is 10.1. The molecule has 0 bridgehead atoms. The number of halogens is 3. The highest BCUT2D eigenvalue weighted by Crippen LogP contribution is 2.31. The number of benzene rings is 4. The molecule has 10 heteroatoms. The number of thioether (sulfide) groups is 1. The van der Waals surface area contributed by atoms with Crippen LogP contribution >= 0.6 is 11.8 Å². The molecule has 0 aromatic heterocycles. The van der Waals surface area contributed by atoms with Crippen LogP contribution in [-0.4, -0.2) is 23.0 Å². The van der Waals surface area contributed by atoms with E-state index in [1.165, 1.54) is 23.9 Å². The number of hydrogen-bond donors (Lipinski definition) is 3. The molecule has 0 fully saturated rings. The monoisotopic (exact) mass is 589 g/mol. The first-order chi connectivity index (χ1) is 20.1. The maximum absolute atomic E-state index is 13.3. The highest BCUT2D eigenvalue weighted by atomic mass is 32.2. The van der Waals surface area contributed by atoms with Crippen LogP contribution in [0.4, 0.5) is 24.5 Å². The molecule has 0 saturated carbocycles. The van der Waals surface area contributed by atoms with E-state index >= 15 is 0 Å². The van der Waals surface area contributed by atoms with Gasteiger partial charge < -0.3 is 16.0 Å².